The van der Waals surface area contributed by atoms with Gasteiger partial charge in [-0.05, 0) is 38.0 Å². The Balaban J connectivity index is 1.63. The highest BCUT2D eigenvalue weighted by Crippen LogP contribution is 2.36. The molecule has 0 aliphatic heterocycles. The van der Waals surface area contributed by atoms with Crippen LogP contribution < -0.4 is 10.9 Å². The lowest BCUT2D eigenvalue weighted by atomic mass is 10.1. The molecule has 0 aliphatic rings. The number of nitrogens with one attached hydrogen (secondary N) is 1. The minimum absolute atomic E-state index is 0.211. The van der Waals surface area contributed by atoms with E-state index in [-0.39, 0.29) is 24.3 Å². The highest BCUT2D eigenvalue weighted by Gasteiger charge is 2.21. The van der Waals surface area contributed by atoms with E-state index < -0.39 is 11.9 Å². The van der Waals surface area contributed by atoms with E-state index >= 15 is 0 Å². The molecule has 1 N–H and O–H groups in total. The topological polar surface area (TPSA) is 90.3 Å². The molecule has 0 radical (unpaired) electrons. The van der Waals surface area contributed by atoms with Crippen molar-refractivity contribution in [2.75, 3.05) is 11.9 Å². The van der Waals surface area contributed by atoms with Crippen molar-refractivity contribution in [1.29, 1.82) is 0 Å². The standard InChI is InChI=1S/C23H21N3O4S2/c1-4-30-23(29)16-10-17(15-8-6-5-7-9-15)32-20(16)25-18(27)11-26-12-24-21-19(22(26)28)13(2)14(3)31-21/h5-10,12H,4,11H2,1-3H3,(H,25,27). The zero-order valence-electron chi connectivity index (χ0n) is 17.8. The Morgan fingerprint density at radius 1 is 1.16 bits per heavy atom. The molecule has 1 aromatic carbocycles. The summed E-state index contributed by atoms with van der Waals surface area (Å²) in [7, 11) is 0. The number of ether oxygens (including phenoxy) is 1. The van der Waals surface area contributed by atoms with E-state index in [2.05, 4.69) is 10.3 Å². The largest absolute Gasteiger partial charge is 0.462 e. The van der Waals surface area contributed by atoms with Crippen LogP contribution in [0, 0.1) is 13.8 Å². The SMILES string of the molecule is CCOC(=O)c1cc(-c2ccccc2)sc1NC(=O)Cn1cnc2sc(C)c(C)c2c1=O. The molecular formula is C23H21N3O4S2. The van der Waals surface area contributed by atoms with Gasteiger partial charge in [-0.2, -0.15) is 0 Å². The van der Waals surface area contributed by atoms with Crippen molar-refractivity contribution in [2.45, 2.75) is 27.3 Å². The van der Waals surface area contributed by atoms with Crippen LogP contribution in [0.25, 0.3) is 20.7 Å². The number of benzene rings is 1. The number of esters is 1. The van der Waals surface area contributed by atoms with Crippen LogP contribution in [0.3, 0.4) is 0 Å². The molecule has 4 aromatic rings. The summed E-state index contributed by atoms with van der Waals surface area (Å²) >= 11 is 2.74. The Labute approximate surface area is 192 Å². The van der Waals surface area contributed by atoms with E-state index in [0.717, 1.165) is 20.9 Å². The van der Waals surface area contributed by atoms with Gasteiger partial charge in [-0.25, -0.2) is 9.78 Å². The van der Waals surface area contributed by atoms with Crippen molar-refractivity contribution < 1.29 is 14.3 Å². The van der Waals surface area contributed by atoms with E-state index in [1.54, 1.807) is 13.0 Å². The molecule has 0 unspecified atom stereocenters. The van der Waals surface area contributed by atoms with Gasteiger partial charge in [0.05, 0.1) is 23.9 Å². The minimum Gasteiger partial charge on any atom is -0.462 e. The maximum absolute atomic E-state index is 12.9. The number of aromatic nitrogens is 2. The molecule has 4 rings (SSSR count). The van der Waals surface area contributed by atoms with Crippen LogP contribution in [0.15, 0.2) is 47.5 Å². The van der Waals surface area contributed by atoms with Crippen molar-refractivity contribution in [3.05, 3.63) is 69.1 Å². The van der Waals surface area contributed by atoms with E-state index in [1.165, 1.54) is 33.6 Å². The number of aryl methyl sites for hydroxylation is 2. The summed E-state index contributed by atoms with van der Waals surface area (Å²) in [4.78, 5) is 45.0. The Bertz CT molecular complexity index is 1370. The second kappa shape index (κ2) is 9.05. The average Bonchev–Trinajstić information content (AvgIpc) is 3.32. The van der Waals surface area contributed by atoms with Crippen LogP contribution in [-0.2, 0) is 16.1 Å². The number of rotatable bonds is 6. The van der Waals surface area contributed by atoms with Gasteiger partial charge in [-0.3, -0.25) is 14.2 Å². The van der Waals surface area contributed by atoms with Gasteiger partial charge < -0.3 is 10.1 Å². The van der Waals surface area contributed by atoms with Gasteiger partial charge in [-0.1, -0.05) is 30.3 Å². The number of amides is 1. The molecule has 0 saturated heterocycles. The maximum Gasteiger partial charge on any atom is 0.341 e. The van der Waals surface area contributed by atoms with Crippen LogP contribution in [0.2, 0.25) is 0 Å². The number of nitrogens with zero attached hydrogens (tertiary/aromatic N) is 2. The molecule has 0 atom stereocenters. The first-order chi connectivity index (χ1) is 15.4. The summed E-state index contributed by atoms with van der Waals surface area (Å²) in [5.41, 5.74) is 1.84. The Kier molecular flexibility index (Phi) is 6.20. The van der Waals surface area contributed by atoms with Crippen LogP contribution in [0.1, 0.15) is 27.7 Å². The number of anilines is 1. The molecule has 0 aliphatic carbocycles. The van der Waals surface area contributed by atoms with Crippen LogP contribution in [0.5, 0.6) is 0 Å². The summed E-state index contributed by atoms with van der Waals surface area (Å²) in [5, 5.41) is 3.70. The quantitative estimate of drug-likeness (QED) is 0.418. The number of hydrogen-bond donors (Lipinski definition) is 1. The van der Waals surface area contributed by atoms with Gasteiger partial charge in [0.15, 0.2) is 0 Å². The fourth-order valence-corrected chi connectivity index (χ4v) is 5.35. The lowest BCUT2D eigenvalue weighted by molar-refractivity contribution is -0.116. The minimum atomic E-state index is -0.508. The highest BCUT2D eigenvalue weighted by molar-refractivity contribution is 7.20. The molecule has 9 heteroatoms. The van der Waals surface area contributed by atoms with E-state index in [1.807, 2.05) is 44.2 Å². The Hall–Kier alpha value is -3.30. The molecule has 0 spiro atoms. The molecule has 164 valence electrons. The monoisotopic (exact) mass is 467 g/mol. The Morgan fingerprint density at radius 2 is 1.91 bits per heavy atom. The number of carbonyl (C=O) groups is 2. The number of thiophene rings is 2. The Morgan fingerprint density at radius 3 is 2.62 bits per heavy atom. The summed E-state index contributed by atoms with van der Waals surface area (Å²) in [6.45, 7) is 5.56. The summed E-state index contributed by atoms with van der Waals surface area (Å²) in [6.07, 6.45) is 1.38. The predicted octanol–water partition coefficient (Wildman–Crippen LogP) is 4.62. The number of carbonyl (C=O) groups excluding carboxylic acids is 2. The smallest absolute Gasteiger partial charge is 0.341 e. The van der Waals surface area contributed by atoms with Crippen LogP contribution >= 0.6 is 22.7 Å². The van der Waals surface area contributed by atoms with Gasteiger partial charge >= 0.3 is 5.97 Å². The van der Waals surface area contributed by atoms with Crippen molar-refractivity contribution in [3.8, 4) is 10.4 Å². The van der Waals surface area contributed by atoms with Gasteiger partial charge in [0.25, 0.3) is 5.56 Å². The van der Waals surface area contributed by atoms with Gasteiger partial charge in [0, 0.05) is 9.75 Å². The second-order valence-corrected chi connectivity index (χ2v) is 9.38. The zero-order chi connectivity index (χ0) is 22.8. The lowest BCUT2D eigenvalue weighted by Crippen LogP contribution is -2.28. The van der Waals surface area contributed by atoms with Gasteiger partial charge in [0.2, 0.25) is 5.91 Å². The molecule has 0 fully saturated rings. The van der Waals surface area contributed by atoms with Gasteiger partial charge in [-0.15, -0.1) is 22.7 Å². The second-order valence-electron chi connectivity index (χ2n) is 7.13. The summed E-state index contributed by atoms with van der Waals surface area (Å²) in [6, 6.07) is 11.3. The zero-order valence-corrected chi connectivity index (χ0v) is 19.4. The normalized spacial score (nSPS) is 11.0. The molecule has 3 aromatic heterocycles. The maximum atomic E-state index is 12.9. The highest BCUT2D eigenvalue weighted by atomic mass is 32.1. The fraction of sp³-hybridized carbons (Fsp3) is 0.217. The van der Waals surface area contributed by atoms with Crippen LogP contribution in [0.4, 0.5) is 5.00 Å². The van der Waals surface area contributed by atoms with Crippen molar-refractivity contribution in [2.24, 2.45) is 0 Å². The molecule has 1 amide bonds. The molecule has 0 saturated carbocycles. The fourth-order valence-electron chi connectivity index (χ4n) is 3.29. The first-order valence-corrected chi connectivity index (χ1v) is 11.6. The average molecular weight is 468 g/mol. The molecule has 7 nitrogen and oxygen atoms in total. The van der Waals surface area contributed by atoms with Crippen molar-refractivity contribution >= 4 is 49.8 Å². The molecule has 3 heterocycles. The first-order valence-electron chi connectivity index (χ1n) is 10.0. The lowest BCUT2D eigenvalue weighted by Gasteiger charge is -2.08. The third-order valence-electron chi connectivity index (χ3n) is 5.01. The van der Waals surface area contributed by atoms with Crippen molar-refractivity contribution in [3.63, 3.8) is 0 Å². The van der Waals surface area contributed by atoms with Gasteiger partial charge in [0.1, 0.15) is 16.4 Å². The summed E-state index contributed by atoms with van der Waals surface area (Å²) in [5.74, 6) is -0.935. The van der Waals surface area contributed by atoms with E-state index in [4.69, 9.17) is 4.74 Å². The predicted molar refractivity (Wildman–Crippen MR) is 128 cm³/mol. The summed E-state index contributed by atoms with van der Waals surface area (Å²) < 4.78 is 6.44. The van der Waals surface area contributed by atoms with E-state index in [0.29, 0.717) is 15.2 Å². The number of fused-ring (bicyclic) bond motifs is 1. The van der Waals surface area contributed by atoms with Crippen LogP contribution in [-0.4, -0.2) is 28.0 Å². The molecule has 32 heavy (non-hydrogen) atoms. The number of hydrogen-bond acceptors (Lipinski definition) is 7. The molecule has 0 bridgehead atoms. The third kappa shape index (κ3) is 4.21. The third-order valence-corrected chi connectivity index (χ3v) is 7.22. The first kappa shape index (κ1) is 21.9. The van der Waals surface area contributed by atoms with Crippen molar-refractivity contribution in [1.82, 2.24) is 9.55 Å². The van der Waals surface area contributed by atoms with E-state index in [9.17, 15) is 14.4 Å². The molecular weight excluding hydrogens is 446 g/mol.